The van der Waals surface area contributed by atoms with E-state index >= 15 is 0 Å². The number of sulfone groups is 1. The predicted molar refractivity (Wildman–Crippen MR) is 93.7 cm³/mol. The summed E-state index contributed by atoms with van der Waals surface area (Å²) in [6, 6.07) is 14.5. The number of nitriles is 1. The topological polar surface area (TPSA) is 116 Å². The van der Waals surface area contributed by atoms with Gasteiger partial charge in [-0.2, -0.15) is 5.26 Å². The van der Waals surface area contributed by atoms with E-state index in [9.17, 15) is 18.0 Å². The Bertz CT molecular complexity index is 1020. The summed E-state index contributed by atoms with van der Waals surface area (Å²) in [6.45, 7) is 1.37. The number of rotatable bonds is 4. The Kier molecular flexibility index (Phi) is 4.26. The lowest BCUT2D eigenvalue weighted by Gasteiger charge is -2.20. The number of nitrogens with one attached hydrogen (secondary N) is 2. The molecule has 0 aromatic heterocycles. The Labute approximate surface area is 150 Å². The van der Waals surface area contributed by atoms with E-state index in [1.165, 1.54) is 19.1 Å². The third-order valence-corrected chi connectivity index (χ3v) is 6.10. The number of benzene rings is 2. The van der Waals surface area contributed by atoms with Crippen molar-refractivity contribution in [3.05, 3.63) is 54.1 Å². The van der Waals surface area contributed by atoms with Gasteiger partial charge in [0.1, 0.15) is 5.54 Å². The first-order valence-electron chi connectivity index (χ1n) is 7.70. The van der Waals surface area contributed by atoms with Crippen LogP contribution in [0.4, 0.5) is 4.79 Å². The monoisotopic (exact) mass is 369 g/mol. The first kappa shape index (κ1) is 17.6. The van der Waals surface area contributed by atoms with Crippen LogP contribution in [0, 0.1) is 11.3 Å². The van der Waals surface area contributed by atoms with Crippen LogP contribution in [0.3, 0.4) is 0 Å². The molecule has 1 saturated heterocycles. The lowest BCUT2D eigenvalue weighted by atomic mass is 10.0. The molecule has 0 saturated carbocycles. The van der Waals surface area contributed by atoms with Gasteiger partial charge in [0, 0.05) is 0 Å². The highest BCUT2D eigenvalue weighted by molar-refractivity contribution is 7.91. The van der Waals surface area contributed by atoms with Crippen LogP contribution in [-0.2, 0) is 14.6 Å². The summed E-state index contributed by atoms with van der Waals surface area (Å²) in [6.07, 6.45) is 0. The van der Waals surface area contributed by atoms with Crippen molar-refractivity contribution in [3.8, 4) is 17.2 Å². The second-order valence-electron chi connectivity index (χ2n) is 6.21. The number of hydrogen-bond donors (Lipinski definition) is 2. The molecule has 0 radical (unpaired) electrons. The maximum Gasteiger partial charge on any atom is 0.322 e. The summed E-state index contributed by atoms with van der Waals surface area (Å²) in [7, 11) is -3.79. The van der Waals surface area contributed by atoms with Crippen LogP contribution in [0.15, 0.2) is 53.4 Å². The van der Waals surface area contributed by atoms with Gasteiger partial charge in [-0.05, 0) is 42.3 Å². The number of amides is 3. The molecule has 3 rings (SSSR count). The van der Waals surface area contributed by atoms with Gasteiger partial charge in [0.2, 0.25) is 0 Å². The molecule has 2 aromatic carbocycles. The number of carbonyl (C=O) groups excluding carboxylic acids is 2. The Morgan fingerprint density at radius 3 is 2.00 bits per heavy atom. The zero-order chi connectivity index (χ0) is 18.9. The molecule has 1 aliphatic heterocycles. The van der Waals surface area contributed by atoms with E-state index in [1.807, 2.05) is 11.4 Å². The largest absolute Gasteiger partial charge is 0.322 e. The van der Waals surface area contributed by atoms with Gasteiger partial charge in [0.05, 0.1) is 22.3 Å². The minimum absolute atomic E-state index is 0.0602. The first-order valence-corrected chi connectivity index (χ1v) is 9.36. The highest BCUT2D eigenvalue weighted by Gasteiger charge is 2.45. The van der Waals surface area contributed by atoms with Gasteiger partial charge in [-0.1, -0.05) is 24.3 Å². The number of imide groups is 1. The lowest BCUT2D eigenvalue weighted by molar-refractivity contribution is -0.122. The Morgan fingerprint density at radius 1 is 1.00 bits per heavy atom. The normalized spacial score (nSPS) is 19.5. The molecule has 1 atom stereocenters. The standard InChI is InChI=1S/C18H15N3O4S/c1-18(16(22)20-17(23)21-18)11-26(24,25)15-8-6-14(7-9-15)13-4-2-12(10-19)3-5-13/h2-9H,11H2,1H3,(H2,20,21,22,23). The minimum atomic E-state index is -3.79. The van der Waals surface area contributed by atoms with E-state index in [2.05, 4.69) is 5.32 Å². The van der Waals surface area contributed by atoms with Gasteiger partial charge < -0.3 is 5.32 Å². The van der Waals surface area contributed by atoms with Crippen molar-refractivity contribution in [3.63, 3.8) is 0 Å². The maximum atomic E-state index is 12.6. The van der Waals surface area contributed by atoms with Crippen LogP contribution in [-0.4, -0.2) is 31.6 Å². The van der Waals surface area contributed by atoms with Gasteiger partial charge in [0.25, 0.3) is 5.91 Å². The maximum absolute atomic E-state index is 12.6. The average molecular weight is 369 g/mol. The van der Waals surface area contributed by atoms with Gasteiger partial charge in [-0.25, -0.2) is 13.2 Å². The quantitative estimate of drug-likeness (QED) is 0.794. The van der Waals surface area contributed by atoms with E-state index < -0.39 is 33.1 Å². The highest BCUT2D eigenvalue weighted by atomic mass is 32.2. The summed E-state index contributed by atoms with van der Waals surface area (Å²) < 4.78 is 25.2. The molecular formula is C18H15N3O4S. The minimum Gasteiger partial charge on any atom is -0.322 e. The van der Waals surface area contributed by atoms with E-state index in [0.29, 0.717) is 5.56 Å². The fourth-order valence-corrected chi connectivity index (χ4v) is 4.42. The van der Waals surface area contributed by atoms with Gasteiger partial charge in [0.15, 0.2) is 9.84 Å². The molecule has 0 aliphatic carbocycles. The van der Waals surface area contributed by atoms with Crippen LogP contribution >= 0.6 is 0 Å². The van der Waals surface area contributed by atoms with Crippen molar-refractivity contribution in [2.45, 2.75) is 17.4 Å². The van der Waals surface area contributed by atoms with E-state index in [4.69, 9.17) is 5.26 Å². The molecule has 3 amide bonds. The Morgan fingerprint density at radius 2 is 1.54 bits per heavy atom. The van der Waals surface area contributed by atoms with Crippen molar-refractivity contribution in [1.29, 1.82) is 5.26 Å². The van der Waals surface area contributed by atoms with Crippen LogP contribution in [0.1, 0.15) is 12.5 Å². The van der Waals surface area contributed by atoms with Crippen molar-refractivity contribution < 1.29 is 18.0 Å². The zero-order valence-corrected chi connectivity index (χ0v) is 14.6. The second-order valence-corrected chi connectivity index (χ2v) is 8.20. The zero-order valence-electron chi connectivity index (χ0n) is 13.8. The highest BCUT2D eigenvalue weighted by Crippen LogP contribution is 2.24. The van der Waals surface area contributed by atoms with Gasteiger partial charge in [-0.3, -0.25) is 10.1 Å². The van der Waals surface area contributed by atoms with Crippen LogP contribution < -0.4 is 10.6 Å². The number of nitrogens with zero attached hydrogens (tertiary/aromatic N) is 1. The van der Waals surface area contributed by atoms with Crippen LogP contribution in [0.25, 0.3) is 11.1 Å². The van der Waals surface area contributed by atoms with Crippen molar-refractivity contribution in [1.82, 2.24) is 10.6 Å². The molecule has 26 heavy (non-hydrogen) atoms. The second kappa shape index (κ2) is 6.28. The predicted octanol–water partition coefficient (Wildman–Crippen LogP) is 1.60. The molecule has 2 N–H and O–H groups in total. The van der Waals surface area contributed by atoms with Crippen LogP contribution in [0.2, 0.25) is 0 Å². The number of carbonyl (C=O) groups is 2. The fraction of sp³-hybridized carbons (Fsp3) is 0.167. The molecule has 1 unspecified atom stereocenters. The summed E-state index contributed by atoms with van der Waals surface area (Å²) in [5.74, 6) is -1.20. The molecule has 0 bridgehead atoms. The molecule has 2 aromatic rings. The molecule has 7 nitrogen and oxygen atoms in total. The lowest BCUT2D eigenvalue weighted by Crippen LogP contribution is -2.49. The molecule has 1 fully saturated rings. The Hall–Kier alpha value is -3.18. The van der Waals surface area contributed by atoms with Crippen molar-refractivity contribution >= 4 is 21.8 Å². The fourth-order valence-electron chi connectivity index (χ4n) is 2.74. The van der Waals surface area contributed by atoms with Gasteiger partial charge >= 0.3 is 6.03 Å². The molecule has 1 aliphatic rings. The van der Waals surface area contributed by atoms with Crippen LogP contribution in [0.5, 0.6) is 0 Å². The van der Waals surface area contributed by atoms with Gasteiger partial charge in [-0.15, -0.1) is 0 Å². The molecular weight excluding hydrogens is 354 g/mol. The Balaban J connectivity index is 1.84. The van der Waals surface area contributed by atoms with E-state index in [-0.39, 0.29) is 4.90 Å². The summed E-state index contributed by atoms with van der Waals surface area (Å²) in [5.41, 5.74) is 0.689. The molecule has 132 valence electrons. The number of urea groups is 1. The van der Waals surface area contributed by atoms with E-state index in [1.54, 1.807) is 36.4 Å². The average Bonchev–Trinajstić information content (AvgIpc) is 2.86. The smallest absolute Gasteiger partial charge is 0.322 e. The molecule has 1 heterocycles. The summed E-state index contributed by atoms with van der Waals surface area (Å²) in [4.78, 5) is 23.2. The summed E-state index contributed by atoms with van der Waals surface area (Å²) >= 11 is 0. The number of hydrogen-bond acceptors (Lipinski definition) is 5. The first-order chi connectivity index (χ1) is 12.2. The van der Waals surface area contributed by atoms with Crippen molar-refractivity contribution in [2.75, 3.05) is 5.75 Å². The molecule has 8 heteroatoms. The van der Waals surface area contributed by atoms with E-state index in [0.717, 1.165) is 11.1 Å². The SMILES string of the molecule is CC1(CS(=O)(=O)c2ccc(-c3ccc(C#N)cc3)cc2)NC(=O)NC1=O. The van der Waals surface area contributed by atoms with Crippen molar-refractivity contribution in [2.24, 2.45) is 0 Å². The third-order valence-electron chi connectivity index (χ3n) is 4.16. The molecule has 0 spiro atoms. The third kappa shape index (κ3) is 3.30. The summed E-state index contributed by atoms with van der Waals surface area (Å²) in [5, 5.41) is 13.2.